The van der Waals surface area contributed by atoms with E-state index in [0.29, 0.717) is 12.3 Å². The van der Waals surface area contributed by atoms with Crippen LogP contribution in [-0.4, -0.2) is 18.4 Å². The van der Waals surface area contributed by atoms with Gasteiger partial charge in [-0.2, -0.15) is 0 Å². The van der Waals surface area contributed by atoms with Gasteiger partial charge in [0.25, 0.3) is 0 Å². The molecule has 23 heavy (non-hydrogen) atoms. The van der Waals surface area contributed by atoms with E-state index in [2.05, 4.69) is 5.32 Å². The third kappa shape index (κ3) is 2.87. The molecule has 1 aromatic carbocycles. The molecule has 1 heterocycles. The summed E-state index contributed by atoms with van der Waals surface area (Å²) in [6.07, 6.45) is 7.47. The van der Waals surface area contributed by atoms with Crippen LogP contribution in [0.2, 0.25) is 0 Å². The third-order valence-electron chi connectivity index (χ3n) is 5.82. The Bertz CT molecular complexity index is 628. The van der Waals surface area contributed by atoms with Crippen molar-refractivity contribution >= 4 is 23.2 Å². The van der Waals surface area contributed by atoms with Crippen molar-refractivity contribution < 1.29 is 9.59 Å². The van der Waals surface area contributed by atoms with Crippen LogP contribution < -0.4 is 10.2 Å². The molecule has 3 unspecified atom stereocenters. The first-order chi connectivity index (χ1) is 11.2. The highest BCUT2D eigenvalue weighted by Crippen LogP contribution is 2.48. The number of nitrogens with zero attached hydrogens (tertiary/aromatic N) is 1. The molecule has 0 radical (unpaired) electrons. The predicted molar refractivity (Wildman–Crippen MR) is 90.2 cm³/mol. The quantitative estimate of drug-likeness (QED) is 0.927. The van der Waals surface area contributed by atoms with Gasteiger partial charge in [-0.1, -0.05) is 12.5 Å². The summed E-state index contributed by atoms with van der Waals surface area (Å²) in [7, 11) is 0. The number of rotatable bonds is 3. The molecule has 122 valence electrons. The van der Waals surface area contributed by atoms with Gasteiger partial charge in [0.2, 0.25) is 11.8 Å². The van der Waals surface area contributed by atoms with Crippen molar-refractivity contribution in [2.24, 2.45) is 17.8 Å². The fourth-order valence-electron chi connectivity index (χ4n) is 4.63. The molecule has 0 aromatic heterocycles. The summed E-state index contributed by atoms with van der Waals surface area (Å²) < 4.78 is 0. The number of fused-ring (bicyclic) bond motifs is 2. The zero-order valence-electron chi connectivity index (χ0n) is 13.5. The average Bonchev–Trinajstić information content (AvgIpc) is 3.18. The molecule has 1 aromatic rings. The van der Waals surface area contributed by atoms with Crippen LogP contribution >= 0.6 is 0 Å². The molecule has 3 aliphatic rings. The molecule has 2 amide bonds. The Hall–Kier alpha value is -1.84. The molecule has 1 aliphatic heterocycles. The molecule has 1 N–H and O–H groups in total. The van der Waals surface area contributed by atoms with E-state index in [1.807, 2.05) is 29.2 Å². The van der Waals surface area contributed by atoms with Gasteiger partial charge in [-0.3, -0.25) is 9.59 Å². The van der Waals surface area contributed by atoms with Crippen molar-refractivity contribution in [3.8, 4) is 0 Å². The van der Waals surface area contributed by atoms with Crippen molar-refractivity contribution in [2.75, 3.05) is 16.8 Å². The van der Waals surface area contributed by atoms with Crippen LogP contribution in [0.5, 0.6) is 0 Å². The van der Waals surface area contributed by atoms with Crippen molar-refractivity contribution in [1.82, 2.24) is 0 Å². The van der Waals surface area contributed by atoms with E-state index in [9.17, 15) is 9.59 Å². The summed E-state index contributed by atoms with van der Waals surface area (Å²) in [5.74, 6) is 1.90. The number of hydrogen-bond acceptors (Lipinski definition) is 2. The fourth-order valence-corrected chi connectivity index (χ4v) is 4.63. The predicted octanol–water partition coefficient (Wildman–Crippen LogP) is 3.58. The zero-order chi connectivity index (χ0) is 15.8. The Kier molecular flexibility index (Phi) is 3.83. The Morgan fingerprint density at radius 3 is 2.83 bits per heavy atom. The molecule has 4 nitrogen and oxygen atoms in total. The molecule has 0 spiro atoms. The van der Waals surface area contributed by atoms with E-state index >= 15 is 0 Å². The maximum absolute atomic E-state index is 12.6. The number of nitrogens with one attached hydrogen (secondary N) is 1. The number of hydrogen-bond donors (Lipinski definition) is 1. The van der Waals surface area contributed by atoms with Crippen molar-refractivity contribution in [1.29, 1.82) is 0 Å². The largest absolute Gasteiger partial charge is 0.326 e. The first-order valence-corrected chi connectivity index (χ1v) is 8.92. The van der Waals surface area contributed by atoms with Gasteiger partial charge in [0.1, 0.15) is 0 Å². The van der Waals surface area contributed by atoms with Crippen LogP contribution in [0.1, 0.15) is 44.9 Å². The maximum atomic E-state index is 12.6. The number of benzene rings is 1. The van der Waals surface area contributed by atoms with E-state index in [4.69, 9.17) is 0 Å². The molecule has 3 atom stereocenters. The second-order valence-electron chi connectivity index (χ2n) is 7.32. The van der Waals surface area contributed by atoms with Crippen LogP contribution in [0.3, 0.4) is 0 Å². The number of anilines is 2. The zero-order valence-corrected chi connectivity index (χ0v) is 13.5. The minimum Gasteiger partial charge on any atom is -0.326 e. The van der Waals surface area contributed by atoms with Crippen LogP contribution in [0.4, 0.5) is 11.4 Å². The Balaban J connectivity index is 1.46. The second kappa shape index (κ2) is 5.99. The van der Waals surface area contributed by atoms with Gasteiger partial charge in [0, 0.05) is 30.3 Å². The summed E-state index contributed by atoms with van der Waals surface area (Å²) >= 11 is 0. The molecular formula is C19H24N2O2. The van der Waals surface area contributed by atoms with Gasteiger partial charge in [0.05, 0.1) is 0 Å². The number of piperidine rings is 1. The number of carbonyl (C=O) groups excluding carboxylic acids is 2. The standard InChI is InChI=1S/C19H24N2O2/c22-18-6-1-2-9-21(18)16-5-3-4-15(12-16)20-19(23)17-11-13-7-8-14(17)10-13/h3-5,12-14,17H,1-2,6-11H2,(H,20,23). The maximum Gasteiger partial charge on any atom is 0.227 e. The molecule has 1 saturated heterocycles. The monoisotopic (exact) mass is 312 g/mol. The molecule has 3 fully saturated rings. The lowest BCUT2D eigenvalue weighted by atomic mass is 9.88. The lowest BCUT2D eigenvalue weighted by Crippen LogP contribution is -2.35. The topological polar surface area (TPSA) is 49.4 Å². The van der Waals surface area contributed by atoms with E-state index in [0.717, 1.165) is 43.1 Å². The van der Waals surface area contributed by atoms with Crippen molar-refractivity contribution in [2.45, 2.75) is 44.9 Å². The lowest BCUT2D eigenvalue weighted by Gasteiger charge is -2.27. The minimum absolute atomic E-state index is 0.166. The molecule has 2 aliphatic carbocycles. The Morgan fingerprint density at radius 1 is 1.17 bits per heavy atom. The normalized spacial score (nSPS) is 29.8. The van der Waals surface area contributed by atoms with E-state index in [1.54, 1.807) is 0 Å². The number of amides is 2. The first kappa shape index (κ1) is 14.7. The minimum atomic E-state index is 0.166. The summed E-state index contributed by atoms with van der Waals surface area (Å²) in [5.41, 5.74) is 1.72. The van der Waals surface area contributed by atoms with Crippen LogP contribution in [0.15, 0.2) is 24.3 Å². The number of carbonyl (C=O) groups is 2. The van der Waals surface area contributed by atoms with Crippen molar-refractivity contribution in [3.05, 3.63) is 24.3 Å². The molecule has 4 rings (SSSR count). The van der Waals surface area contributed by atoms with Crippen molar-refractivity contribution in [3.63, 3.8) is 0 Å². The third-order valence-corrected chi connectivity index (χ3v) is 5.82. The molecule has 2 bridgehead atoms. The van der Waals surface area contributed by atoms with Crippen LogP contribution in [-0.2, 0) is 9.59 Å². The first-order valence-electron chi connectivity index (χ1n) is 8.92. The summed E-state index contributed by atoms with van der Waals surface area (Å²) in [5, 5.41) is 3.09. The summed E-state index contributed by atoms with van der Waals surface area (Å²) in [4.78, 5) is 26.5. The Labute approximate surface area is 137 Å². The van der Waals surface area contributed by atoms with E-state index in [-0.39, 0.29) is 17.7 Å². The second-order valence-corrected chi connectivity index (χ2v) is 7.32. The smallest absolute Gasteiger partial charge is 0.227 e. The van der Waals surface area contributed by atoms with Crippen LogP contribution in [0, 0.1) is 17.8 Å². The SMILES string of the molecule is O=C(Nc1cccc(N2CCCCC2=O)c1)C1CC2CCC1C2. The highest BCUT2D eigenvalue weighted by atomic mass is 16.2. The van der Waals surface area contributed by atoms with Gasteiger partial charge < -0.3 is 10.2 Å². The van der Waals surface area contributed by atoms with Gasteiger partial charge in [-0.25, -0.2) is 0 Å². The summed E-state index contributed by atoms with van der Waals surface area (Å²) in [6, 6.07) is 7.74. The highest BCUT2D eigenvalue weighted by molar-refractivity contribution is 5.96. The van der Waals surface area contributed by atoms with Crippen LogP contribution in [0.25, 0.3) is 0 Å². The average molecular weight is 312 g/mol. The molecule has 4 heteroatoms. The van der Waals surface area contributed by atoms with Gasteiger partial charge in [-0.15, -0.1) is 0 Å². The highest BCUT2D eigenvalue weighted by Gasteiger charge is 2.43. The van der Waals surface area contributed by atoms with Gasteiger partial charge in [-0.05, 0) is 62.1 Å². The molecule has 2 saturated carbocycles. The molecular weight excluding hydrogens is 288 g/mol. The van der Waals surface area contributed by atoms with E-state index < -0.39 is 0 Å². The van der Waals surface area contributed by atoms with E-state index in [1.165, 1.54) is 19.3 Å². The van der Waals surface area contributed by atoms with Gasteiger partial charge >= 0.3 is 0 Å². The lowest BCUT2D eigenvalue weighted by molar-refractivity contribution is -0.121. The van der Waals surface area contributed by atoms with Gasteiger partial charge in [0.15, 0.2) is 0 Å². The summed E-state index contributed by atoms with van der Waals surface area (Å²) in [6.45, 7) is 0.780. The Morgan fingerprint density at radius 2 is 2.09 bits per heavy atom. The fraction of sp³-hybridized carbons (Fsp3) is 0.579.